The van der Waals surface area contributed by atoms with Gasteiger partial charge in [0.15, 0.2) is 5.78 Å². The number of hydrogen-bond acceptors (Lipinski definition) is 2. The molecule has 1 aliphatic carbocycles. The van der Waals surface area contributed by atoms with Crippen molar-refractivity contribution in [1.29, 1.82) is 5.41 Å². The molecule has 2 rings (SSSR count). The number of ketones is 1. The van der Waals surface area contributed by atoms with Crippen LogP contribution in [0, 0.1) is 10.8 Å². The van der Waals surface area contributed by atoms with E-state index in [4.69, 9.17) is 11.1 Å². The van der Waals surface area contributed by atoms with E-state index in [2.05, 4.69) is 31.2 Å². The Labute approximate surface area is 191 Å². The Morgan fingerprint density at radius 2 is 1.19 bits per heavy atom. The van der Waals surface area contributed by atoms with Crippen molar-refractivity contribution in [3.63, 3.8) is 0 Å². The van der Waals surface area contributed by atoms with Gasteiger partial charge in [-0.1, -0.05) is 115 Å². The summed E-state index contributed by atoms with van der Waals surface area (Å²) in [6.45, 7) is 2.28. The molecule has 1 aromatic rings. The van der Waals surface area contributed by atoms with Crippen LogP contribution in [0.5, 0.6) is 0 Å². The highest BCUT2D eigenvalue weighted by Crippen LogP contribution is 2.47. The number of nitrogens with two attached hydrogens (primary N) is 1. The van der Waals surface area contributed by atoms with Crippen molar-refractivity contribution in [3.05, 3.63) is 35.4 Å². The van der Waals surface area contributed by atoms with Gasteiger partial charge in [-0.25, -0.2) is 0 Å². The standard InChI is InChI=1S/C28H46N2O/c1-2-3-4-5-6-7-8-9-10-11-12-13-14-15-16-24-17-19-25(20-18-24)23-26(31)28(21-22-28)27(29)30/h17-20H,2-16,21-23H2,1H3,(H3,29,30). The normalized spacial score (nSPS) is 14.5. The average Bonchev–Trinajstić information content (AvgIpc) is 3.57. The summed E-state index contributed by atoms with van der Waals surface area (Å²) < 4.78 is 0. The van der Waals surface area contributed by atoms with Gasteiger partial charge in [-0.3, -0.25) is 10.2 Å². The van der Waals surface area contributed by atoms with Gasteiger partial charge in [0, 0.05) is 6.42 Å². The van der Waals surface area contributed by atoms with Gasteiger partial charge >= 0.3 is 0 Å². The molecule has 3 N–H and O–H groups in total. The number of aryl methyl sites for hydroxylation is 1. The minimum absolute atomic E-state index is 0.0481. The predicted octanol–water partition coefficient (Wildman–Crippen LogP) is 7.54. The first kappa shape index (κ1) is 25.6. The number of Topliss-reactive ketones (excluding diaryl/α,β-unsaturated/α-hetero) is 1. The number of carbonyl (C=O) groups excluding carboxylic acids is 1. The summed E-state index contributed by atoms with van der Waals surface area (Å²) in [6.07, 6.45) is 22.5. The van der Waals surface area contributed by atoms with E-state index in [1.165, 1.54) is 95.5 Å². The van der Waals surface area contributed by atoms with Crippen LogP contribution in [0.3, 0.4) is 0 Å². The lowest BCUT2D eigenvalue weighted by Gasteiger charge is -2.12. The van der Waals surface area contributed by atoms with Crippen LogP contribution in [0.2, 0.25) is 0 Å². The van der Waals surface area contributed by atoms with E-state index in [0.717, 1.165) is 24.8 Å². The van der Waals surface area contributed by atoms with E-state index in [-0.39, 0.29) is 11.6 Å². The van der Waals surface area contributed by atoms with Crippen LogP contribution in [0.25, 0.3) is 0 Å². The molecule has 0 bridgehead atoms. The number of carbonyl (C=O) groups is 1. The Bertz CT molecular complexity index is 645. The molecule has 0 aliphatic heterocycles. The van der Waals surface area contributed by atoms with Crippen molar-refractivity contribution in [2.24, 2.45) is 11.1 Å². The monoisotopic (exact) mass is 426 g/mol. The predicted molar refractivity (Wildman–Crippen MR) is 133 cm³/mol. The maximum atomic E-state index is 12.4. The lowest BCUT2D eigenvalue weighted by atomic mass is 9.93. The summed E-state index contributed by atoms with van der Waals surface area (Å²) in [5.41, 5.74) is 7.39. The number of nitrogens with one attached hydrogen (secondary N) is 1. The fraction of sp³-hybridized carbons (Fsp3) is 0.714. The third-order valence-electron chi connectivity index (χ3n) is 7.01. The van der Waals surface area contributed by atoms with Crippen LogP contribution in [0.15, 0.2) is 24.3 Å². The van der Waals surface area contributed by atoms with Gasteiger partial charge in [0.2, 0.25) is 0 Å². The molecular weight excluding hydrogens is 380 g/mol. The quantitative estimate of drug-likeness (QED) is 0.136. The summed E-state index contributed by atoms with van der Waals surface area (Å²) >= 11 is 0. The topological polar surface area (TPSA) is 66.9 Å². The zero-order valence-corrected chi connectivity index (χ0v) is 20.0. The first-order valence-electron chi connectivity index (χ1n) is 13.0. The van der Waals surface area contributed by atoms with E-state index >= 15 is 0 Å². The van der Waals surface area contributed by atoms with Gasteiger partial charge in [0.25, 0.3) is 0 Å². The number of unbranched alkanes of at least 4 members (excludes halogenated alkanes) is 13. The maximum absolute atomic E-state index is 12.4. The molecule has 0 spiro atoms. The summed E-state index contributed by atoms with van der Waals surface area (Å²) in [5.74, 6) is 0.159. The summed E-state index contributed by atoms with van der Waals surface area (Å²) in [7, 11) is 0. The van der Waals surface area contributed by atoms with Crippen molar-refractivity contribution >= 4 is 11.6 Å². The summed E-state index contributed by atoms with van der Waals surface area (Å²) in [5, 5.41) is 7.65. The van der Waals surface area contributed by atoms with E-state index < -0.39 is 5.41 Å². The Hall–Kier alpha value is -1.64. The molecule has 174 valence electrons. The summed E-state index contributed by atoms with van der Waals surface area (Å²) in [6, 6.07) is 8.48. The SMILES string of the molecule is CCCCCCCCCCCCCCCCc1ccc(CC(=O)C2(C(=N)N)CC2)cc1. The van der Waals surface area contributed by atoms with Crippen LogP contribution < -0.4 is 5.73 Å². The van der Waals surface area contributed by atoms with Gasteiger partial charge in [0.05, 0.1) is 5.41 Å². The highest BCUT2D eigenvalue weighted by atomic mass is 16.1. The van der Waals surface area contributed by atoms with E-state index in [1.807, 2.05) is 0 Å². The van der Waals surface area contributed by atoms with Crippen LogP contribution in [-0.4, -0.2) is 11.6 Å². The lowest BCUT2D eigenvalue weighted by molar-refractivity contribution is -0.121. The molecule has 0 radical (unpaired) electrons. The number of benzene rings is 1. The largest absolute Gasteiger partial charge is 0.387 e. The van der Waals surface area contributed by atoms with Gasteiger partial charge in [-0.05, 0) is 36.8 Å². The Balaban J connectivity index is 1.44. The number of rotatable bonds is 19. The van der Waals surface area contributed by atoms with Crippen molar-refractivity contribution in [2.45, 2.75) is 122 Å². The maximum Gasteiger partial charge on any atom is 0.150 e. The second-order valence-electron chi connectivity index (χ2n) is 9.76. The third kappa shape index (κ3) is 9.58. The molecule has 0 heterocycles. The molecule has 0 aromatic heterocycles. The van der Waals surface area contributed by atoms with Crippen molar-refractivity contribution in [1.82, 2.24) is 0 Å². The summed E-state index contributed by atoms with van der Waals surface area (Å²) in [4.78, 5) is 12.4. The van der Waals surface area contributed by atoms with Crippen molar-refractivity contribution < 1.29 is 4.79 Å². The van der Waals surface area contributed by atoms with E-state index in [1.54, 1.807) is 0 Å². The molecule has 3 nitrogen and oxygen atoms in total. The molecule has 0 unspecified atom stereocenters. The minimum Gasteiger partial charge on any atom is -0.387 e. The molecule has 0 atom stereocenters. The third-order valence-corrected chi connectivity index (χ3v) is 7.01. The van der Waals surface area contributed by atoms with E-state index in [0.29, 0.717) is 6.42 Å². The molecule has 0 amide bonds. The zero-order valence-electron chi connectivity index (χ0n) is 20.0. The van der Waals surface area contributed by atoms with Crippen molar-refractivity contribution in [3.8, 4) is 0 Å². The zero-order chi connectivity index (χ0) is 22.4. The number of hydrogen-bond donors (Lipinski definition) is 2. The molecule has 1 aromatic carbocycles. The molecule has 3 heteroatoms. The lowest BCUT2D eigenvalue weighted by Crippen LogP contribution is -2.32. The van der Waals surface area contributed by atoms with Crippen LogP contribution in [0.4, 0.5) is 0 Å². The van der Waals surface area contributed by atoms with E-state index in [9.17, 15) is 4.79 Å². The smallest absolute Gasteiger partial charge is 0.150 e. The first-order chi connectivity index (χ1) is 15.1. The fourth-order valence-corrected chi connectivity index (χ4v) is 4.53. The Kier molecular flexibility index (Phi) is 11.9. The second-order valence-corrected chi connectivity index (χ2v) is 9.76. The highest BCUT2D eigenvalue weighted by molar-refractivity contribution is 6.09. The van der Waals surface area contributed by atoms with Crippen LogP contribution in [0.1, 0.15) is 121 Å². The Morgan fingerprint density at radius 1 is 0.774 bits per heavy atom. The van der Waals surface area contributed by atoms with Crippen LogP contribution >= 0.6 is 0 Å². The number of amidine groups is 1. The molecule has 0 saturated heterocycles. The molecule has 31 heavy (non-hydrogen) atoms. The van der Waals surface area contributed by atoms with Crippen LogP contribution in [-0.2, 0) is 17.6 Å². The highest BCUT2D eigenvalue weighted by Gasteiger charge is 2.52. The van der Waals surface area contributed by atoms with Gasteiger partial charge in [-0.15, -0.1) is 0 Å². The van der Waals surface area contributed by atoms with Crippen molar-refractivity contribution in [2.75, 3.05) is 0 Å². The fourth-order valence-electron chi connectivity index (χ4n) is 4.53. The van der Waals surface area contributed by atoms with Gasteiger partial charge in [0.1, 0.15) is 5.84 Å². The molecule has 1 saturated carbocycles. The Morgan fingerprint density at radius 3 is 1.61 bits per heavy atom. The minimum atomic E-state index is -0.632. The van der Waals surface area contributed by atoms with Gasteiger partial charge < -0.3 is 5.73 Å². The van der Waals surface area contributed by atoms with Gasteiger partial charge in [-0.2, -0.15) is 0 Å². The first-order valence-corrected chi connectivity index (χ1v) is 13.0. The second kappa shape index (κ2) is 14.4. The average molecular weight is 427 g/mol. The molecule has 1 aliphatic rings. The molecular formula is C28H46N2O. The molecule has 1 fully saturated rings.